The molecule has 1 heterocycles. The van der Waals surface area contributed by atoms with E-state index in [0.717, 1.165) is 6.54 Å². The van der Waals surface area contributed by atoms with Gasteiger partial charge >= 0.3 is 0 Å². The lowest BCUT2D eigenvalue weighted by molar-refractivity contribution is 0.503. The molecule has 0 saturated heterocycles. The van der Waals surface area contributed by atoms with Gasteiger partial charge in [0.1, 0.15) is 11.3 Å². The normalized spacial score (nSPS) is 11.2. The van der Waals surface area contributed by atoms with Gasteiger partial charge in [-0.05, 0) is 28.5 Å². The third kappa shape index (κ3) is 2.82. The Kier molecular flexibility index (Phi) is 3.85. The SMILES string of the molecule is O=c1cc(CNCc2cccc3ccccc23)oc2ccccc12. The van der Waals surface area contributed by atoms with E-state index in [9.17, 15) is 4.79 Å². The fraction of sp³-hybridized carbons (Fsp3) is 0.0952. The zero-order chi connectivity index (χ0) is 16.4. The van der Waals surface area contributed by atoms with E-state index in [1.165, 1.54) is 16.3 Å². The maximum atomic E-state index is 12.1. The maximum absolute atomic E-state index is 12.1. The number of nitrogens with one attached hydrogen (secondary N) is 1. The predicted molar refractivity (Wildman–Crippen MR) is 97.0 cm³/mol. The molecule has 24 heavy (non-hydrogen) atoms. The van der Waals surface area contributed by atoms with Gasteiger partial charge in [-0.1, -0.05) is 54.6 Å². The standard InChI is InChI=1S/C21H17NO2/c23-20-12-17(24-21-11-4-3-10-19(20)21)14-22-13-16-8-5-7-15-6-1-2-9-18(15)16/h1-12,22H,13-14H2. The van der Waals surface area contributed by atoms with Gasteiger partial charge in [-0.2, -0.15) is 0 Å². The molecule has 0 bridgehead atoms. The molecule has 118 valence electrons. The number of para-hydroxylation sites is 1. The highest BCUT2D eigenvalue weighted by atomic mass is 16.3. The van der Waals surface area contributed by atoms with Crippen molar-refractivity contribution in [1.82, 2.24) is 5.32 Å². The highest BCUT2D eigenvalue weighted by Gasteiger charge is 2.05. The minimum atomic E-state index is -0.00110. The van der Waals surface area contributed by atoms with Gasteiger partial charge in [0.15, 0.2) is 5.43 Å². The minimum absolute atomic E-state index is 0.00110. The molecule has 0 amide bonds. The zero-order valence-electron chi connectivity index (χ0n) is 13.2. The quantitative estimate of drug-likeness (QED) is 0.612. The fourth-order valence-corrected chi connectivity index (χ4v) is 3.01. The van der Waals surface area contributed by atoms with Crippen LogP contribution in [0.15, 0.2) is 82.0 Å². The minimum Gasteiger partial charge on any atom is -0.459 e. The summed E-state index contributed by atoms with van der Waals surface area (Å²) in [5, 5.41) is 6.46. The summed E-state index contributed by atoms with van der Waals surface area (Å²) < 4.78 is 5.81. The van der Waals surface area contributed by atoms with E-state index < -0.39 is 0 Å². The Bertz CT molecular complexity index is 1060. The summed E-state index contributed by atoms with van der Waals surface area (Å²) >= 11 is 0. The van der Waals surface area contributed by atoms with Crippen LogP contribution in [0.1, 0.15) is 11.3 Å². The Morgan fingerprint density at radius 2 is 1.54 bits per heavy atom. The van der Waals surface area contributed by atoms with Crippen molar-refractivity contribution >= 4 is 21.7 Å². The molecule has 0 spiro atoms. The lowest BCUT2D eigenvalue weighted by Gasteiger charge is -2.08. The van der Waals surface area contributed by atoms with Crippen LogP contribution >= 0.6 is 0 Å². The van der Waals surface area contributed by atoms with Gasteiger partial charge in [-0.15, -0.1) is 0 Å². The summed E-state index contributed by atoms with van der Waals surface area (Å²) in [4.78, 5) is 12.1. The van der Waals surface area contributed by atoms with E-state index in [2.05, 4.69) is 35.6 Å². The van der Waals surface area contributed by atoms with Crippen molar-refractivity contribution in [2.75, 3.05) is 0 Å². The van der Waals surface area contributed by atoms with Crippen molar-refractivity contribution in [3.63, 3.8) is 0 Å². The van der Waals surface area contributed by atoms with Gasteiger partial charge in [-0.3, -0.25) is 4.79 Å². The molecule has 0 fully saturated rings. The number of rotatable bonds is 4. The zero-order valence-corrected chi connectivity index (χ0v) is 13.2. The average molecular weight is 315 g/mol. The van der Waals surface area contributed by atoms with Gasteiger partial charge in [0.05, 0.1) is 11.9 Å². The number of hydrogen-bond donors (Lipinski definition) is 1. The van der Waals surface area contributed by atoms with Crippen molar-refractivity contribution in [2.45, 2.75) is 13.1 Å². The molecule has 0 saturated carbocycles. The van der Waals surface area contributed by atoms with Crippen molar-refractivity contribution in [1.29, 1.82) is 0 Å². The van der Waals surface area contributed by atoms with Gasteiger partial charge in [0, 0.05) is 12.6 Å². The second-order valence-corrected chi connectivity index (χ2v) is 5.81. The Hall–Kier alpha value is -2.91. The van der Waals surface area contributed by atoms with Crippen molar-refractivity contribution < 1.29 is 4.42 Å². The monoisotopic (exact) mass is 315 g/mol. The van der Waals surface area contributed by atoms with E-state index in [-0.39, 0.29) is 5.43 Å². The summed E-state index contributed by atoms with van der Waals surface area (Å²) in [5.74, 6) is 0.652. The fourth-order valence-electron chi connectivity index (χ4n) is 3.01. The highest BCUT2D eigenvalue weighted by Crippen LogP contribution is 2.18. The summed E-state index contributed by atoms with van der Waals surface area (Å²) in [6, 6.07) is 23.5. The summed E-state index contributed by atoms with van der Waals surface area (Å²) in [5.41, 5.74) is 1.86. The molecule has 4 rings (SSSR count). The first-order valence-corrected chi connectivity index (χ1v) is 8.00. The Morgan fingerprint density at radius 1 is 0.792 bits per heavy atom. The van der Waals surface area contributed by atoms with E-state index in [0.29, 0.717) is 23.3 Å². The van der Waals surface area contributed by atoms with Crippen LogP contribution in [0.3, 0.4) is 0 Å². The van der Waals surface area contributed by atoms with Crippen molar-refractivity contribution in [3.05, 3.63) is 94.3 Å². The number of benzene rings is 3. The summed E-state index contributed by atoms with van der Waals surface area (Å²) in [7, 11) is 0. The van der Waals surface area contributed by atoms with E-state index in [1.807, 2.05) is 30.3 Å². The molecule has 0 atom stereocenters. The Morgan fingerprint density at radius 3 is 2.46 bits per heavy atom. The van der Waals surface area contributed by atoms with Crippen LogP contribution in [-0.4, -0.2) is 0 Å². The van der Waals surface area contributed by atoms with E-state index >= 15 is 0 Å². The molecule has 3 nitrogen and oxygen atoms in total. The molecule has 3 aromatic carbocycles. The third-order valence-corrected chi connectivity index (χ3v) is 4.18. The van der Waals surface area contributed by atoms with Gasteiger partial charge in [0.25, 0.3) is 0 Å². The first-order valence-electron chi connectivity index (χ1n) is 8.00. The van der Waals surface area contributed by atoms with Crippen LogP contribution in [0, 0.1) is 0 Å². The molecule has 0 unspecified atom stereocenters. The third-order valence-electron chi connectivity index (χ3n) is 4.18. The highest BCUT2D eigenvalue weighted by molar-refractivity contribution is 5.85. The second kappa shape index (κ2) is 6.30. The van der Waals surface area contributed by atoms with Gasteiger partial charge < -0.3 is 9.73 Å². The topological polar surface area (TPSA) is 42.2 Å². The van der Waals surface area contributed by atoms with Gasteiger partial charge in [-0.25, -0.2) is 0 Å². The molecular weight excluding hydrogens is 298 g/mol. The summed E-state index contributed by atoms with van der Waals surface area (Å²) in [6.45, 7) is 1.24. The van der Waals surface area contributed by atoms with Crippen LogP contribution in [0.5, 0.6) is 0 Å². The molecule has 1 N–H and O–H groups in total. The number of fused-ring (bicyclic) bond motifs is 2. The first-order chi connectivity index (χ1) is 11.8. The Balaban J connectivity index is 1.54. The van der Waals surface area contributed by atoms with Crippen molar-refractivity contribution in [2.24, 2.45) is 0 Å². The maximum Gasteiger partial charge on any atom is 0.192 e. The molecule has 0 aliphatic heterocycles. The molecule has 1 aromatic heterocycles. The molecule has 0 aliphatic carbocycles. The molecule has 3 heteroatoms. The summed E-state index contributed by atoms with van der Waals surface area (Å²) in [6.07, 6.45) is 0. The lowest BCUT2D eigenvalue weighted by atomic mass is 10.0. The van der Waals surface area contributed by atoms with E-state index in [1.54, 1.807) is 12.1 Å². The van der Waals surface area contributed by atoms with Crippen LogP contribution < -0.4 is 10.7 Å². The number of hydrogen-bond acceptors (Lipinski definition) is 3. The lowest BCUT2D eigenvalue weighted by Crippen LogP contribution is -2.14. The molecular formula is C21H17NO2. The predicted octanol–water partition coefficient (Wildman–Crippen LogP) is 4.24. The molecule has 0 aliphatic rings. The Labute approximate surface area is 139 Å². The molecule has 4 aromatic rings. The second-order valence-electron chi connectivity index (χ2n) is 5.81. The van der Waals surface area contributed by atoms with Crippen LogP contribution in [-0.2, 0) is 13.1 Å². The first kappa shape index (κ1) is 14.7. The van der Waals surface area contributed by atoms with E-state index in [4.69, 9.17) is 4.42 Å². The average Bonchev–Trinajstić information content (AvgIpc) is 2.62. The van der Waals surface area contributed by atoms with Crippen LogP contribution in [0.25, 0.3) is 21.7 Å². The largest absolute Gasteiger partial charge is 0.459 e. The molecule has 0 radical (unpaired) electrons. The van der Waals surface area contributed by atoms with Crippen LogP contribution in [0.2, 0.25) is 0 Å². The smallest absolute Gasteiger partial charge is 0.192 e. The van der Waals surface area contributed by atoms with Crippen LogP contribution in [0.4, 0.5) is 0 Å². The van der Waals surface area contributed by atoms with Crippen molar-refractivity contribution in [3.8, 4) is 0 Å². The van der Waals surface area contributed by atoms with Gasteiger partial charge in [0.2, 0.25) is 0 Å².